The summed E-state index contributed by atoms with van der Waals surface area (Å²) in [6, 6.07) is -0.492. The van der Waals surface area contributed by atoms with Crippen molar-refractivity contribution in [1.82, 2.24) is 0 Å². The molecule has 0 aromatic rings. The van der Waals surface area contributed by atoms with Gasteiger partial charge in [0.1, 0.15) is 18.3 Å². The van der Waals surface area contributed by atoms with Crippen molar-refractivity contribution in [2.45, 2.75) is 136 Å². The first-order valence-corrected chi connectivity index (χ1v) is 18.1. The minimum atomic E-state index is -2.34. The Labute approximate surface area is 247 Å². The van der Waals surface area contributed by atoms with E-state index in [4.69, 9.17) is 23.4 Å². The molecular weight excluding hydrogens is 546 g/mol. The summed E-state index contributed by atoms with van der Waals surface area (Å²) >= 11 is 0. The van der Waals surface area contributed by atoms with E-state index < -0.39 is 69.8 Å². The lowest BCUT2D eigenvalue weighted by atomic mass is 9.82. The Morgan fingerprint density at radius 1 is 1.07 bits per heavy atom. The predicted molar refractivity (Wildman–Crippen MR) is 158 cm³/mol. The number of azide groups is 1. The van der Waals surface area contributed by atoms with E-state index in [0.29, 0.717) is 5.92 Å². The fourth-order valence-electron chi connectivity index (χ4n) is 5.31. The van der Waals surface area contributed by atoms with Gasteiger partial charge >= 0.3 is 5.97 Å². The van der Waals surface area contributed by atoms with Gasteiger partial charge in [0, 0.05) is 17.3 Å². The highest BCUT2D eigenvalue weighted by Crippen LogP contribution is 2.47. The van der Waals surface area contributed by atoms with Gasteiger partial charge in [-0.3, -0.25) is 4.79 Å². The van der Waals surface area contributed by atoms with Gasteiger partial charge in [-0.15, -0.1) is 0 Å². The van der Waals surface area contributed by atoms with Crippen molar-refractivity contribution in [3.8, 4) is 0 Å². The molecular formula is C29H55N3O8Si. The maximum atomic E-state index is 12.6. The molecule has 11 nitrogen and oxygen atoms in total. The van der Waals surface area contributed by atoms with E-state index >= 15 is 0 Å². The lowest BCUT2D eigenvalue weighted by Gasteiger charge is -2.49. The normalized spacial score (nSPS) is 35.6. The number of hydrogen-bond acceptors (Lipinski definition) is 9. The van der Waals surface area contributed by atoms with Crippen LogP contribution >= 0.6 is 0 Å². The number of nitrogens with zero attached hydrogens (tertiary/aromatic N) is 3. The topological polar surface area (TPSA) is 152 Å². The molecule has 2 heterocycles. The molecule has 2 saturated heterocycles. The van der Waals surface area contributed by atoms with Gasteiger partial charge in [0.2, 0.25) is 0 Å². The summed E-state index contributed by atoms with van der Waals surface area (Å²) in [5.74, 6) is -0.428. The van der Waals surface area contributed by atoms with E-state index in [2.05, 4.69) is 50.8 Å². The number of carbonyl (C=O) groups excluding carboxylic acids is 1. The van der Waals surface area contributed by atoms with E-state index in [1.807, 2.05) is 27.7 Å². The van der Waals surface area contributed by atoms with Crippen molar-refractivity contribution >= 4 is 14.3 Å². The number of rotatable bonds is 13. The van der Waals surface area contributed by atoms with Crippen LogP contribution in [-0.2, 0) is 28.2 Å². The van der Waals surface area contributed by atoms with Gasteiger partial charge in [0.25, 0.3) is 0 Å². The molecule has 0 saturated carbocycles. The van der Waals surface area contributed by atoms with E-state index in [-0.39, 0.29) is 35.8 Å². The van der Waals surface area contributed by atoms with Gasteiger partial charge in [-0.1, -0.05) is 73.8 Å². The summed E-state index contributed by atoms with van der Waals surface area (Å²) in [5, 5.41) is 24.7. The zero-order valence-electron chi connectivity index (χ0n) is 26.9. The van der Waals surface area contributed by atoms with Crippen LogP contribution in [0, 0.1) is 29.6 Å². The summed E-state index contributed by atoms with van der Waals surface area (Å²) in [5.41, 5.74) is 9.32. The van der Waals surface area contributed by atoms with Crippen molar-refractivity contribution in [3.63, 3.8) is 0 Å². The Morgan fingerprint density at radius 2 is 1.68 bits per heavy atom. The monoisotopic (exact) mass is 601 g/mol. The fourth-order valence-corrected chi connectivity index (χ4v) is 7.78. The van der Waals surface area contributed by atoms with Crippen LogP contribution < -0.4 is 0 Å². The summed E-state index contributed by atoms with van der Waals surface area (Å²) in [4.78, 5) is 15.7. The standard InChI is InChI=1S/C29H55N3O8Si/c1-12-17(4)13-23(34)39-26-20(7)27(37-21(14-33)25(26)35)36-15-22-18(5)19(6)24(31-32-30)28(38-22)40-41(10,11)29(8,9)16(2)3/h16-22,24-28,33,35H,12-15H2,1-11H3/t17-,18+,19+,20?,21?,22?,24?,25-,26-,27-,28+/m1/s1. The molecule has 2 fully saturated rings. The van der Waals surface area contributed by atoms with Crippen LogP contribution in [-0.4, -0.2) is 80.8 Å². The van der Waals surface area contributed by atoms with E-state index in [1.165, 1.54) is 0 Å². The molecule has 2 aliphatic rings. The number of ether oxygens (including phenoxy) is 4. The summed E-state index contributed by atoms with van der Waals surface area (Å²) in [7, 11) is -2.34. The highest BCUT2D eigenvalue weighted by Gasteiger charge is 2.50. The van der Waals surface area contributed by atoms with Crippen LogP contribution in [0.2, 0.25) is 18.1 Å². The van der Waals surface area contributed by atoms with Crippen LogP contribution in [0.25, 0.3) is 10.4 Å². The third-order valence-electron chi connectivity index (χ3n) is 10.2. The molecule has 0 aromatic heterocycles. The molecule has 2 N–H and O–H groups in total. The predicted octanol–water partition coefficient (Wildman–Crippen LogP) is 5.40. The van der Waals surface area contributed by atoms with Gasteiger partial charge in [0.15, 0.2) is 20.9 Å². The molecule has 2 rings (SSSR count). The van der Waals surface area contributed by atoms with Crippen molar-refractivity contribution in [2.75, 3.05) is 13.2 Å². The molecule has 2 aliphatic heterocycles. The molecule has 11 atom stereocenters. The molecule has 0 aliphatic carbocycles. The lowest BCUT2D eigenvalue weighted by Crippen LogP contribution is -2.58. The fraction of sp³-hybridized carbons (Fsp3) is 0.966. The van der Waals surface area contributed by atoms with Crippen LogP contribution in [0.4, 0.5) is 0 Å². The Kier molecular flexibility index (Phi) is 13.1. The molecule has 4 unspecified atom stereocenters. The first-order valence-electron chi connectivity index (χ1n) is 15.1. The first-order chi connectivity index (χ1) is 19.0. The average Bonchev–Trinajstić information content (AvgIpc) is 2.90. The SMILES string of the molecule is CC[C@@H](C)CC(=O)O[C@@H]1C(C)[C@H](OCC2O[C@@H](O[Si](C)(C)C(C)(C)C(C)C)C(N=[N+]=[N-])[C@@H](C)[C@@H]2C)OC(CO)[C@H]1O. The highest BCUT2D eigenvalue weighted by atomic mass is 28.4. The zero-order chi connectivity index (χ0) is 31.3. The second-order valence-corrected chi connectivity index (χ2v) is 18.1. The average molecular weight is 602 g/mol. The number of aliphatic hydroxyl groups is 2. The third kappa shape index (κ3) is 8.44. The molecule has 0 radical (unpaired) electrons. The lowest BCUT2D eigenvalue weighted by molar-refractivity contribution is -0.299. The van der Waals surface area contributed by atoms with E-state index in [1.54, 1.807) is 6.92 Å². The molecule has 0 spiro atoms. The van der Waals surface area contributed by atoms with E-state index in [0.717, 1.165) is 6.42 Å². The molecule has 0 bridgehead atoms. The zero-order valence-corrected chi connectivity index (χ0v) is 27.9. The summed E-state index contributed by atoms with van der Waals surface area (Å²) in [6.45, 7) is 22.6. The molecule has 0 amide bonds. The van der Waals surface area contributed by atoms with Gasteiger partial charge in [-0.05, 0) is 47.3 Å². The van der Waals surface area contributed by atoms with Crippen molar-refractivity contribution in [2.24, 2.45) is 34.7 Å². The second kappa shape index (κ2) is 15.0. The number of hydrogen-bond donors (Lipinski definition) is 2. The largest absolute Gasteiger partial charge is 0.459 e. The van der Waals surface area contributed by atoms with Crippen LogP contribution in [0.15, 0.2) is 5.11 Å². The minimum Gasteiger partial charge on any atom is -0.459 e. The van der Waals surface area contributed by atoms with Gasteiger partial charge in [0.05, 0.1) is 25.4 Å². The maximum absolute atomic E-state index is 12.6. The van der Waals surface area contributed by atoms with Crippen molar-refractivity contribution in [1.29, 1.82) is 0 Å². The molecule has 41 heavy (non-hydrogen) atoms. The van der Waals surface area contributed by atoms with Crippen LogP contribution in [0.3, 0.4) is 0 Å². The maximum Gasteiger partial charge on any atom is 0.306 e. The Hall–Kier alpha value is -1.24. The molecule has 0 aromatic carbocycles. The van der Waals surface area contributed by atoms with Crippen molar-refractivity contribution < 1.29 is 38.4 Å². The number of aliphatic hydroxyl groups excluding tert-OH is 2. The molecule has 238 valence electrons. The van der Waals surface area contributed by atoms with Crippen LogP contribution in [0.1, 0.15) is 75.2 Å². The van der Waals surface area contributed by atoms with Gasteiger partial charge in [-0.2, -0.15) is 0 Å². The summed E-state index contributed by atoms with van der Waals surface area (Å²) in [6.07, 6.45) is -3.91. The number of carbonyl (C=O) groups is 1. The molecule has 12 heteroatoms. The smallest absolute Gasteiger partial charge is 0.306 e. The van der Waals surface area contributed by atoms with Gasteiger partial charge in [-0.25, -0.2) is 0 Å². The Bertz CT molecular complexity index is 899. The Morgan fingerprint density at radius 3 is 2.22 bits per heavy atom. The van der Waals surface area contributed by atoms with Crippen molar-refractivity contribution in [3.05, 3.63) is 10.4 Å². The van der Waals surface area contributed by atoms with Crippen LogP contribution in [0.5, 0.6) is 0 Å². The van der Waals surface area contributed by atoms with Gasteiger partial charge < -0.3 is 33.6 Å². The summed E-state index contributed by atoms with van der Waals surface area (Å²) < 4.78 is 31.0. The highest BCUT2D eigenvalue weighted by molar-refractivity contribution is 6.74. The second-order valence-electron chi connectivity index (χ2n) is 13.5. The third-order valence-corrected chi connectivity index (χ3v) is 14.7. The number of esters is 1. The Balaban J connectivity index is 2.21. The minimum absolute atomic E-state index is 0.0319. The first kappa shape index (κ1) is 36.0. The quantitative estimate of drug-likeness (QED) is 0.0936. The van der Waals surface area contributed by atoms with E-state index in [9.17, 15) is 20.5 Å².